The van der Waals surface area contributed by atoms with Crippen molar-refractivity contribution in [2.24, 2.45) is 12.2 Å². The van der Waals surface area contributed by atoms with E-state index < -0.39 is 10.0 Å². The third-order valence-corrected chi connectivity index (χ3v) is 4.40. The summed E-state index contributed by atoms with van der Waals surface area (Å²) in [5, 5.41) is 8.36. The number of nitrogens with one attached hydrogen (secondary N) is 1. The first-order valence-electron chi connectivity index (χ1n) is 6.44. The van der Waals surface area contributed by atoms with Gasteiger partial charge in [0.15, 0.2) is 0 Å². The molecule has 1 atom stereocenters. The monoisotopic (exact) mass is 341 g/mol. The van der Waals surface area contributed by atoms with Crippen LogP contribution >= 0.6 is 11.6 Å². The van der Waals surface area contributed by atoms with Gasteiger partial charge in [0, 0.05) is 13.2 Å². The van der Waals surface area contributed by atoms with Gasteiger partial charge in [-0.2, -0.15) is 0 Å². The highest BCUT2D eigenvalue weighted by molar-refractivity contribution is 7.89. The Labute approximate surface area is 133 Å². The predicted molar refractivity (Wildman–Crippen MR) is 84.1 cm³/mol. The van der Waals surface area contributed by atoms with Crippen LogP contribution in [0.1, 0.15) is 29.0 Å². The molecule has 0 aliphatic carbocycles. The second-order valence-electron chi connectivity index (χ2n) is 4.96. The van der Waals surface area contributed by atoms with Crippen molar-refractivity contribution in [2.75, 3.05) is 0 Å². The van der Waals surface area contributed by atoms with Crippen LogP contribution in [0.3, 0.4) is 0 Å². The van der Waals surface area contributed by atoms with Crippen LogP contribution in [0.2, 0.25) is 5.02 Å². The van der Waals surface area contributed by atoms with Gasteiger partial charge in [-0.15, -0.1) is 0 Å². The molecule has 1 aromatic heterocycles. The highest BCUT2D eigenvalue weighted by Crippen LogP contribution is 2.17. The van der Waals surface area contributed by atoms with E-state index in [9.17, 15) is 13.2 Å². The molecule has 1 heterocycles. The number of hydrogen-bond donors (Lipinski definition) is 2. The molecule has 0 aliphatic heterocycles. The first-order chi connectivity index (χ1) is 10.2. The maximum Gasteiger partial charge on any atom is 0.268 e. The van der Waals surface area contributed by atoms with E-state index in [-0.39, 0.29) is 16.8 Å². The number of halogens is 1. The molecule has 1 amide bonds. The number of nitrogens with zero attached hydrogens (tertiary/aromatic N) is 1. The van der Waals surface area contributed by atoms with Gasteiger partial charge in [-0.3, -0.25) is 4.79 Å². The lowest BCUT2D eigenvalue weighted by Gasteiger charge is -2.15. The number of rotatable bonds is 4. The molecule has 2 rings (SSSR count). The van der Waals surface area contributed by atoms with Crippen LogP contribution in [0, 0.1) is 0 Å². The van der Waals surface area contributed by atoms with Crippen LogP contribution in [-0.2, 0) is 17.1 Å². The zero-order chi connectivity index (χ0) is 16.5. The minimum Gasteiger partial charge on any atom is -0.345 e. The molecule has 22 heavy (non-hydrogen) atoms. The molecule has 3 N–H and O–H groups in total. The maximum atomic E-state index is 12.2. The number of aromatic nitrogens is 1. The summed E-state index contributed by atoms with van der Waals surface area (Å²) < 4.78 is 24.1. The molecule has 1 unspecified atom stereocenters. The molecule has 8 heteroatoms. The molecule has 0 spiro atoms. The molecular weight excluding hydrogens is 326 g/mol. The molecule has 6 nitrogen and oxygen atoms in total. The maximum absolute atomic E-state index is 12.2. The fourth-order valence-electron chi connectivity index (χ4n) is 2.05. The van der Waals surface area contributed by atoms with Gasteiger partial charge in [0.1, 0.15) is 5.69 Å². The first-order valence-corrected chi connectivity index (χ1v) is 8.36. The van der Waals surface area contributed by atoms with Crippen molar-refractivity contribution in [2.45, 2.75) is 17.9 Å². The molecule has 0 radical (unpaired) electrons. The summed E-state index contributed by atoms with van der Waals surface area (Å²) in [4.78, 5) is 12.2. The minimum absolute atomic E-state index is 0.0315. The Balaban J connectivity index is 2.14. The van der Waals surface area contributed by atoms with Crippen molar-refractivity contribution < 1.29 is 13.2 Å². The van der Waals surface area contributed by atoms with Crippen LogP contribution in [0.25, 0.3) is 0 Å². The normalized spacial score (nSPS) is 12.9. The number of primary sulfonamides is 1. The van der Waals surface area contributed by atoms with Crippen LogP contribution in [0.5, 0.6) is 0 Å². The van der Waals surface area contributed by atoms with E-state index in [0.29, 0.717) is 10.7 Å². The quantitative estimate of drug-likeness (QED) is 0.888. The van der Waals surface area contributed by atoms with E-state index >= 15 is 0 Å². The molecule has 0 saturated carbocycles. The number of nitrogens with two attached hydrogens (primary N) is 1. The second kappa shape index (κ2) is 6.12. The molecular formula is C14H16ClN3O3S. The van der Waals surface area contributed by atoms with Crippen LogP contribution < -0.4 is 10.5 Å². The standard InChI is InChI=1S/C14H16ClN3O3S/c1-9(10-3-5-12(6-4-10)22(16,20)21)17-14(19)13-7-11(15)8-18(13)2/h3-9H,1-2H3,(H,17,19)(H2,16,20,21). The number of amides is 1. The Bertz CT molecular complexity index is 797. The zero-order valence-electron chi connectivity index (χ0n) is 12.1. The molecule has 0 bridgehead atoms. The van der Waals surface area contributed by atoms with Crippen molar-refractivity contribution >= 4 is 27.5 Å². The lowest BCUT2D eigenvalue weighted by Crippen LogP contribution is -2.28. The summed E-state index contributed by atoms with van der Waals surface area (Å²) in [7, 11) is -1.99. The Morgan fingerprint density at radius 1 is 1.32 bits per heavy atom. The number of sulfonamides is 1. The summed E-state index contributed by atoms with van der Waals surface area (Å²) in [6, 6.07) is 7.33. The van der Waals surface area contributed by atoms with Crippen molar-refractivity contribution in [1.29, 1.82) is 0 Å². The third-order valence-electron chi connectivity index (χ3n) is 3.26. The van der Waals surface area contributed by atoms with Crippen molar-refractivity contribution in [1.82, 2.24) is 9.88 Å². The molecule has 0 fully saturated rings. The van der Waals surface area contributed by atoms with Gasteiger partial charge in [-0.1, -0.05) is 23.7 Å². The van der Waals surface area contributed by atoms with Crippen molar-refractivity contribution in [3.8, 4) is 0 Å². The van der Waals surface area contributed by atoms with Gasteiger partial charge < -0.3 is 9.88 Å². The summed E-state index contributed by atoms with van der Waals surface area (Å²) in [6.45, 7) is 1.80. The zero-order valence-corrected chi connectivity index (χ0v) is 13.6. The summed E-state index contributed by atoms with van der Waals surface area (Å²) >= 11 is 5.85. The molecule has 2 aromatic rings. The number of carbonyl (C=O) groups is 1. The fraction of sp³-hybridized carbons (Fsp3) is 0.214. The Morgan fingerprint density at radius 3 is 2.36 bits per heavy atom. The Kier molecular flexibility index (Phi) is 4.60. The smallest absolute Gasteiger partial charge is 0.268 e. The van der Waals surface area contributed by atoms with Crippen molar-refractivity contribution in [3.05, 3.63) is 52.8 Å². The number of carbonyl (C=O) groups excluding carboxylic acids is 1. The van der Waals surface area contributed by atoms with Crippen molar-refractivity contribution in [3.63, 3.8) is 0 Å². The van der Waals surface area contributed by atoms with E-state index in [0.717, 1.165) is 5.56 Å². The van der Waals surface area contributed by atoms with Crippen LogP contribution in [-0.4, -0.2) is 18.9 Å². The fourth-order valence-corrected chi connectivity index (χ4v) is 2.82. The lowest BCUT2D eigenvalue weighted by atomic mass is 10.1. The summed E-state index contributed by atoms with van der Waals surface area (Å²) in [5.41, 5.74) is 1.21. The SMILES string of the molecule is CC(NC(=O)c1cc(Cl)cn1C)c1ccc(S(N)(=O)=O)cc1. The van der Waals surface area contributed by atoms with Gasteiger partial charge in [-0.25, -0.2) is 13.6 Å². The average molecular weight is 342 g/mol. The Morgan fingerprint density at radius 2 is 1.91 bits per heavy atom. The van der Waals surface area contributed by atoms with Gasteiger partial charge in [0.05, 0.1) is 16.0 Å². The van der Waals surface area contributed by atoms with E-state index in [1.165, 1.54) is 12.1 Å². The average Bonchev–Trinajstić information content (AvgIpc) is 2.77. The van der Waals surface area contributed by atoms with Crippen LogP contribution in [0.15, 0.2) is 41.4 Å². The number of aryl methyl sites for hydroxylation is 1. The molecule has 118 valence electrons. The minimum atomic E-state index is -3.72. The highest BCUT2D eigenvalue weighted by Gasteiger charge is 2.15. The highest BCUT2D eigenvalue weighted by atomic mass is 35.5. The second-order valence-corrected chi connectivity index (χ2v) is 6.96. The largest absolute Gasteiger partial charge is 0.345 e. The molecule has 1 aromatic carbocycles. The predicted octanol–water partition coefficient (Wildman–Crippen LogP) is 1.82. The van der Waals surface area contributed by atoms with Gasteiger partial charge >= 0.3 is 0 Å². The van der Waals surface area contributed by atoms with Gasteiger partial charge in [0.2, 0.25) is 10.0 Å². The number of benzene rings is 1. The summed E-state index contributed by atoms with van der Waals surface area (Å²) in [6.07, 6.45) is 1.64. The molecule has 0 saturated heterocycles. The first kappa shape index (κ1) is 16.5. The summed E-state index contributed by atoms with van der Waals surface area (Å²) in [5.74, 6) is -0.266. The van der Waals surface area contributed by atoms with Crippen LogP contribution in [0.4, 0.5) is 0 Å². The topological polar surface area (TPSA) is 94.2 Å². The van der Waals surface area contributed by atoms with Gasteiger partial charge in [0.25, 0.3) is 5.91 Å². The van der Waals surface area contributed by atoms with E-state index in [1.54, 1.807) is 42.9 Å². The third kappa shape index (κ3) is 3.68. The van der Waals surface area contributed by atoms with E-state index in [1.807, 2.05) is 0 Å². The Hall–Kier alpha value is -1.83. The van der Waals surface area contributed by atoms with Gasteiger partial charge in [-0.05, 0) is 30.7 Å². The molecule has 0 aliphatic rings. The van der Waals surface area contributed by atoms with E-state index in [2.05, 4.69) is 5.32 Å². The number of hydrogen-bond acceptors (Lipinski definition) is 3. The van der Waals surface area contributed by atoms with E-state index in [4.69, 9.17) is 16.7 Å². The lowest BCUT2D eigenvalue weighted by molar-refractivity contribution is 0.0931.